The molecule has 0 saturated carbocycles. The van der Waals surface area contributed by atoms with Gasteiger partial charge in [-0.1, -0.05) is 12.6 Å². The van der Waals surface area contributed by atoms with Crippen LogP contribution in [0.1, 0.15) is 9.60 Å². The predicted molar refractivity (Wildman–Crippen MR) is 118 cm³/mol. The molecule has 0 aliphatic rings. The predicted octanol–water partition coefficient (Wildman–Crippen LogP) is 4.25. The van der Waals surface area contributed by atoms with Gasteiger partial charge in [-0.3, -0.25) is 4.79 Å². The maximum absolute atomic E-state index is 14.7. The standard InChI is InChI=1S/C22H22FN5O3/c1-3-20(29)25-16-5-4-6-17(13-16)26-21-19(23)14-24-22(28-21)27-15-7-9-18(10-8-15)31-12-11-30-2/h3-10,13-14H,1,11-12H2,2H3,(H,25,29)(H2,24,26,27,28)/i2D3,5D,6D,13D,14D. The number of hydrogen-bond acceptors (Lipinski definition) is 7. The zero-order chi connectivity index (χ0) is 28.0. The van der Waals surface area contributed by atoms with Crippen LogP contribution in [0.4, 0.5) is 33.2 Å². The molecule has 3 N–H and O–H groups in total. The number of nitrogens with one attached hydrogen (secondary N) is 3. The van der Waals surface area contributed by atoms with Gasteiger partial charge in [0, 0.05) is 24.1 Å². The molecule has 3 aromatic rings. The molecule has 31 heavy (non-hydrogen) atoms. The van der Waals surface area contributed by atoms with E-state index in [1.54, 1.807) is 24.3 Å². The van der Waals surface area contributed by atoms with E-state index in [0.29, 0.717) is 11.4 Å². The summed E-state index contributed by atoms with van der Waals surface area (Å²) in [6.07, 6.45) is 0.178. The summed E-state index contributed by atoms with van der Waals surface area (Å²) in [5, 5.41) is 7.60. The molecular formula is C22H22FN5O3. The summed E-state index contributed by atoms with van der Waals surface area (Å²) < 4.78 is 77.7. The van der Waals surface area contributed by atoms with E-state index >= 15 is 0 Å². The SMILES string of the molecule is [2H]c1cc([2H])c(Nc2nc(Nc3ccc(OCCOC([2H])([2H])[2H])cc3)nc([2H])c2F)c([2H])c1NC(=O)C=C. The molecule has 8 nitrogen and oxygen atoms in total. The van der Waals surface area contributed by atoms with Crippen LogP contribution in [0.25, 0.3) is 0 Å². The highest BCUT2D eigenvalue weighted by Gasteiger charge is 2.09. The van der Waals surface area contributed by atoms with Crippen molar-refractivity contribution in [1.29, 1.82) is 0 Å². The molecule has 1 heterocycles. The smallest absolute Gasteiger partial charge is 0.247 e. The minimum Gasteiger partial charge on any atom is -0.491 e. The Morgan fingerprint density at radius 1 is 1.23 bits per heavy atom. The summed E-state index contributed by atoms with van der Waals surface area (Å²) in [6.45, 7) is 3.19. The van der Waals surface area contributed by atoms with E-state index in [0.717, 1.165) is 12.1 Å². The first-order valence-corrected chi connectivity index (χ1v) is 8.87. The molecule has 0 bridgehead atoms. The Hall–Kier alpha value is -3.98. The molecule has 0 spiro atoms. The fourth-order valence-electron chi connectivity index (χ4n) is 2.24. The van der Waals surface area contributed by atoms with Gasteiger partial charge in [-0.25, -0.2) is 9.37 Å². The fourth-order valence-corrected chi connectivity index (χ4v) is 2.24. The summed E-state index contributed by atoms with van der Waals surface area (Å²) in [5.41, 5.74) is -0.0322. The Bertz CT molecular complexity index is 1340. The van der Waals surface area contributed by atoms with Crippen LogP contribution in [0.15, 0.2) is 67.3 Å². The summed E-state index contributed by atoms with van der Waals surface area (Å²) in [6, 6.07) is 6.25. The molecule has 0 aliphatic heterocycles. The van der Waals surface area contributed by atoms with Crippen LogP contribution < -0.4 is 20.7 Å². The number of hydrogen-bond donors (Lipinski definition) is 3. The van der Waals surface area contributed by atoms with Gasteiger partial charge in [-0.15, -0.1) is 0 Å². The first-order chi connectivity index (χ1) is 17.9. The van der Waals surface area contributed by atoms with Crippen LogP contribution in [0.5, 0.6) is 5.75 Å². The molecule has 2 aromatic carbocycles. The van der Waals surface area contributed by atoms with Crippen molar-refractivity contribution in [2.45, 2.75) is 0 Å². The van der Waals surface area contributed by atoms with Gasteiger partial charge in [0.25, 0.3) is 0 Å². The van der Waals surface area contributed by atoms with E-state index in [4.69, 9.17) is 14.3 Å². The lowest BCUT2D eigenvalue weighted by Gasteiger charge is -2.11. The second-order valence-electron chi connectivity index (χ2n) is 5.79. The number of benzene rings is 2. The van der Waals surface area contributed by atoms with Crippen molar-refractivity contribution in [3.05, 3.63) is 73.1 Å². The average molecular weight is 430 g/mol. The number of carbonyl (C=O) groups is 1. The van der Waals surface area contributed by atoms with Gasteiger partial charge < -0.3 is 25.4 Å². The van der Waals surface area contributed by atoms with Crippen LogP contribution >= 0.6 is 0 Å². The van der Waals surface area contributed by atoms with Crippen LogP contribution in [-0.4, -0.2) is 36.1 Å². The van der Waals surface area contributed by atoms with Crippen molar-refractivity contribution in [1.82, 2.24) is 9.97 Å². The van der Waals surface area contributed by atoms with Gasteiger partial charge >= 0.3 is 0 Å². The van der Waals surface area contributed by atoms with Gasteiger partial charge in [0.1, 0.15) is 12.4 Å². The third-order valence-electron chi connectivity index (χ3n) is 3.61. The normalized spacial score (nSPS) is 13.9. The van der Waals surface area contributed by atoms with Crippen molar-refractivity contribution >= 4 is 34.7 Å². The Kier molecular flexibility index (Phi) is 4.87. The monoisotopic (exact) mass is 430 g/mol. The van der Waals surface area contributed by atoms with Crippen molar-refractivity contribution in [2.75, 3.05) is 36.2 Å². The van der Waals surface area contributed by atoms with E-state index in [-0.39, 0.29) is 42.6 Å². The molecule has 1 aromatic heterocycles. The van der Waals surface area contributed by atoms with Crippen LogP contribution in [0.3, 0.4) is 0 Å². The number of carbonyl (C=O) groups excluding carboxylic acids is 1. The number of nitrogens with zero attached hydrogens (tertiary/aromatic N) is 2. The number of halogens is 1. The van der Waals surface area contributed by atoms with Gasteiger partial charge in [0.05, 0.1) is 22.4 Å². The van der Waals surface area contributed by atoms with Gasteiger partial charge in [-0.2, -0.15) is 4.98 Å². The number of amides is 1. The zero-order valence-corrected chi connectivity index (χ0v) is 16.1. The maximum atomic E-state index is 14.7. The van der Waals surface area contributed by atoms with Gasteiger partial charge in [-0.05, 0) is 48.5 Å². The lowest BCUT2D eigenvalue weighted by Crippen LogP contribution is -2.07. The summed E-state index contributed by atoms with van der Waals surface area (Å²) in [4.78, 5) is 19.4. The first kappa shape index (κ1) is 14.1. The highest BCUT2D eigenvalue weighted by Crippen LogP contribution is 2.23. The lowest BCUT2D eigenvalue weighted by molar-refractivity contribution is -0.111. The Morgan fingerprint density at radius 3 is 2.81 bits per heavy atom. The molecular weight excluding hydrogens is 401 g/mol. The van der Waals surface area contributed by atoms with E-state index in [9.17, 15) is 9.18 Å². The summed E-state index contributed by atoms with van der Waals surface area (Å²) in [7, 11) is -2.50. The van der Waals surface area contributed by atoms with Gasteiger partial charge in [0.2, 0.25) is 11.9 Å². The quantitative estimate of drug-likeness (QED) is 0.327. The van der Waals surface area contributed by atoms with E-state index in [2.05, 4.69) is 37.2 Å². The fraction of sp³-hybridized carbons (Fsp3) is 0.136. The number of ether oxygens (including phenoxy) is 2. The third kappa shape index (κ3) is 6.51. The number of anilines is 5. The van der Waals surface area contributed by atoms with E-state index in [1.807, 2.05) is 0 Å². The number of aromatic nitrogens is 2. The molecule has 0 radical (unpaired) electrons. The first-order valence-electron chi connectivity index (χ1n) is 12.4. The van der Waals surface area contributed by atoms with E-state index in [1.165, 1.54) is 0 Å². The molecule has 0 fully saturated rings. The van der Waals surface area contributed by atoms with E-state index < -0.39 is 36.8 Å². The third-order valence-corrected chi connectivity index (χ3v) is 3.61. The molecule has 160 valence electrons. The van der Waals surface area contributed by atoms with Crippen LogP contribution in [0, 0.1) is 5.82 Å². The molecule has 0 atom stereocenters. The molecule has 3 rings (SSSR count). The lowest BCUT2D eigenvalue weighted by atomic mass is 10.2. The molecule has 9 heteroatoms. The summed E-state index contributed by atoms with van der Waals surface area (Å²) in [5.74, 6) is -2.08. The van der Waals surface area contributed by atoms with Crippen LogP contribution in [0.2, 0.25) is 0 Å². The van der Waals surface area contributed by atoms with Crippen molar-refractivity contribution in [3.8, 4) is 5.75 Å². The average Bonchev–Trinajstić information content (AvgIpc) is 2.85. The molecule has 1 amide bonds. The molecule has 0 unspecified atom stereocenters. The van der Waals surface area contributed by atoms with Gasteiger partial charge in [0.15, 0.2) is 11.6 Å². The highest BCUT2D eigenvalue weighted by atomic mass is 19.1. The second-order valence-corrected chi connectivity index (χ2v) is 5.79. The van der Waals surface area contributed by atoms with Crippen LogP contribution in [-0.2, 0) is 9.53 Å². The minimum atomic E-state index is -2.50. The van der Waals surface area contributed by atoms with Crippen molar-refractivity contribution in [3.63, 3.8) is 0 Å². The largest absolute Gasteiger partial charge is 0.491 e. The molecule has 0 aliphatic carbocycles. The van der Waals surface area contributed by atoms with Crippen molar-refractivity contribution in [2.24, 2.45) is 0 Å². The summed E-state index contributed by atoms with van der Waals surface area (Å²) >= 11 is 0. The maximum Gasteiger partial charge on any atom is 0.247 e. The molecule has 0 saturated heterocycles. The second kappa shape index (κ2) is 10.7. The Morgan fingerprint density at radius 2 is 2.03 bits per heavy atom. The Labute approximate surface area is 189 Å². The highest BCUT2D eigenvalue weighted by molar-refractivity contribution is 5.99. The zero-order valence-electron chi connectivity index (χ0n) is 23.1. The number of methoxy groups -OCH3 is 1. The topological polar surface area (TPSA) is 97.4 Å². The number of rotatable bonds is 10. The Balaban J connectivity index is 1.78. The minimum absolute atomic E-state index is 0.0135. The van der Waals surface area contributed by atoms with Crippen molar-refractivity contribution < 1.29 is 28.3 Å².